The monoisotopic (exact) mass is 368 g/mol. The van der Waals surface area contributed by atoms with Gasteiger partial charge in [-0.2, -0.15) is 11.8 Å². The first-order chi connectivity index (χ1) is 12.7. The molecule has 1 aromatic carbocycles. The van der Waals surface area contributed by atoms with Gasteiger partial charge in [0, 0.05) is 30.5 Å². The van der Waals surface area contributed by atoms with Crippen LogP contribution >= 0.6 is 11.8 Å². The zero-order valence-electron chi connectivity index (χ0n) is 15.3. The Morgan fingerprint density at radius 1 is 1.31 bits per heavy atom. The van der Waals surface area contributed by atoms with Crippen molar-refractivity contribution in [3.8, 4) is 0 Å². The fourth-order valence-electron chi connectivity index (χ4n) is 3.22. The molecule has 1 aromatic heterocycles. The number of fused-ring (bicyclic) bond motifs is 1. The first-order valence-corrected chi connectivity index (χ1v) is 10.3. The number of benzene rings is 1. The molecule has 0 unspecified atom stereocenters. The van der Waals surface area contributed by atoms with E-state index in [1.807, 2.05) is 31.2 Å². The lowest BCUT2D eigenvalue weighted by atomic mass is 9.94. The van der Waals surface area contributed by atoms with Crippen molar-refractivity contribution in [2.45, 2.75) is 32.2 Å². The van der Waals surface area contributed by atoms with Gasteiger partial charge in [0.05, 0.1) is 18.7 Å². The molecule has 0 saturated heterocycles. The molecule has 3 rings (SSSR count). The third-order valence-corrected chi connectivity index (χ3v) is 5.18. The van der Waals surface area contributed by atoms with E-state index in [2.05, 4.69) is 28.4 Å². The van der Waals surface area contributed by atoms with E-state index in [-0.39, 0.29) is 11.7 Å². The highest BCUT2D eigenvalue weighted by Gasteiger charge is 2.20. The molecule has 5 heteroatoms. The minimum atomic E-state index is 0.226. The zero-order valence-corrected chi connectivity index (χ0v) is 16.1. The van der Waals surface area contributed by atoms with Gasteiger partial charge in [-0.15, -0.1) is 0 Å². The number of pyridine rings is 1. The molecule has 0 spiro atoms. The maximum Gasteiger partial charge on any atom is 0.218 e. The van der Waals surface area contributed by atoms with E-state index < -0.39 is 0 Å². The number of rotatable bonds is 8. The Labute approximate surface area is 159 Å². The molecule has 1 aliphatic rings. The highest BCUT2D eigenvalue weighted by Crippen LogP contribution is 2.25. The Morgan fingerprint density at radius 3 is 2.85 bits per heavy atom. The molecule has 0 radical (unpaired) electrons. The van der Waals surface area contributed by atoms with Crippen LogP contribution in [0.1, 0.15) is 41.6 Å². The lowest BCUT2D eigenvalue weighted by Gasteiger charge is -2.15. The average molecular weight is 369 g/mol. The number of aliphatic imine (C=N–C) groups is 1. The summed E-state index contributed by atoms with van der Waals surface area (Å²) in [6, 6.07) is 12.3. The fourth-order valence-corrected chi connectivity index (χ4v) is 3.93. The minimum Gasteiger partial charge on any atom is -0.478 e. The summed E-state index contributed by atoms with van der Waals surface area (Å²) in [5.41, 5.74) is 4.09. The van der Waals surface area contributed by atoms with Gasteiger partial charge in [-0.1, -0.05) is 30.3 Å². The van der Waals surface area contributed by atoms with Crippen LogP contribution in [0.2, 0.25) is 0 Å². The highest BCUT2D eigenvalue weighted by molar-refractivity contribution is 7.98. The molecule has 136 valence electrons. The third kappa shape index (κ3) is 4.52. The van der Waals surface area contributed by atoms with Gasteiger partial charge in [0.15, 0.2) is 0 Å². The molecule has 1 atom stereocenters. The topological polar surface area (TPSA) is 51.5 Å². The van der Waals surface area contributed by atoms with Gasteiger partial charge in [-0.05, 0) is 36.3 Å². The number of Topliss-reactive ketones (excluding diaryl/α,β-unsaturated/α-hetero) is 1. The van der Waals surface area contributed by atoms with Gasteiger partial charge >= 0.3 is 0 Å². The second-order valence-corrected chi connectivity index (χ2v) is 7.28. The van der Waals surface area contributed by atoms with Gasteiger partial charge in [0.2, 0.25) is 5.90 Å². The van der Waals surface area contributed by atoms with Crippen LogP contribution in [0.15, 0.2) is 47.6 Å². The van der Waals surface area contributed by atoms with Gasteiger partial charge in [-0.3, -0.25) is 9.78 Å². The first-order valence-electron chi connectivity index (χ1n) is 8.92. The number of nitrogens with zero attached hydrogens (tertiary/aromatic N) is 2. The normalized spacial score (nSPS) is 13.8. The van der Waals surface area contributed by atoms with Crippen molar-refractivity contribution in [3.05, 3.63) is 65.0 Å². The summed E-state index contributed by atoms with van der Waals surface area (Å²) in [7, 11) is 0. The van der Waals surface area contributed by atoms with Crippen LogP contribution in [-0.2, 0) is 22.5 Å². The number of aromatic nitrogens is 1. The number of carbonyl (C=O) groups excluding carboxylic acids is 1. The van der Waals surface area contributed by atoms with Crippen LogP contribution in [0.3, 0.4) is 0 Å². The Kier molecular flexibility index (Phi) is 6.45. The molecule has 1 aliphatic heterocycles. The molecular weight excluding hydrogens is 344 g/mol. The lowest BCUT2D eigenvalue weighted by molar-refractivity contribution is -0.118. The second-order valence-electron chi connectivity index (χ2n) is 6.37. The van der Waals surface area contributed by atoms with Gasteiger partial charge in [0.1, 0.15) is 5.78 Å². The Morgan fingerprint density at radius 2 is 2.12 bits per heavy atom. The predicted octanol–water partition coefficient (Wildman–Crippen LogP) is 4.03. The lowest BCUT2D eigenvalue weighted by Crippen LogP contribution is -2.13. The number of ketones is 1. The summed E-state index contributed by atoms with van der Waals surface area (Å²) >= 11 is 1.78. The van der Waals surface area contributed by atoms with Crippen molar-refractivity contribution in [1.82, 2.24) is 4.98 Å². The van der Waals surface area contributed by atoms with Crippen LogP contribution in [0.5, 0.6) is 0 Å². The van der Waals surface area contributed by atoms with Crippen LogP contribution in [0.25, 0.3) is 0 Å². The quantitative estimate of drug-likeness (QED) is 0.706. The second kappa shape index (κ2) is 8.99. The van der Waals surface area contributed by atoms with E-state index in [1.54, 1.807) is 18.0 Å². The molecular formula is C21H24N2O2S. The number of hydrogen-bond acceptors (Lipinski definition) is 5. The number of carbonyl (C=O) groups is 1. The molecule has 26 heavy (non-hydrogen) atoms. The van der Waals surface area contributed by atoms with E-state index in [4.69, 9.17) is 4.74 Å². The summed E-state index contributed by atoms with van der Waals surface area (Å²) in [5.74, 6) is 2.08. The third-order valence-electron chi connectivity index (χ3n) is 4.44. The van der Waals surface area contributed by atoms with Crippen molar-refractivity contribution in [2.75, 3.05) is 18.6 Å². The molecule has 2 aromatic rings. The molecule has 0 fully saturated rings. The Balaban J connectivity index is 1.65. The molecule has 0 bridgehead atoms. The maximum absolute atomic E-state index is 12.6. The number of hydrogen-bond donors (Lipinski definition) is 0. The van der Waals surface area contributed by atoms with E-state index in [0.29, 0.717) is 31.9 Å². The van der Waals surface area contributed by atoms with Crippen molar-refractivity contribution in [3.63, 3.8) is 0 Å². The average Bonchev–Trinajstić information content (AvgIpc) is 3.05. The van der Waals surface area contributed by atoms with Crippen molar-refractivity contribution in [1.29, 1.82) is 0 Å². The van der Waals surface area contributed by atoms with E-state index in [1.165, 1.54) is 5.56 Å². The standard InChI is InChI=1S/C21H24N2O2S/c1-3-25-21-20-13-22-18(9-16(20)12-23-21)11-19(24)10-17(14-26-2)15-7-5-4-6-8-15/h4-9,13,17H,3,10-12,14H2,1-2H3/t17-/m1/s1. The van der Waals surface area contributed by atoms with Gasteiger partial charge < -0.3 is 4.74 Å². The largest absolute Gasteiger partial charge is 0.478 e. The number of thioether (sulfide) groups is 1. The van der Waals surface area contributed by atoms with Crippen LogP contribution in [-0.4, -0.2) is 35.3 Å². The minimum absolute atomic E-state index is 0.226. The van der Waals surface area contributed by atoms with Crippen LogP contribution in [0.4, 0.5) is 0 Å². The predicted molar refractivity (Wildman–Crippen MR) is 107 cm³/mol. The molecule has 2 heterocycles. The zero-order chi connectivity index (χ0) is 18.4. The summed E-state index contributed by atoms with van der Waals surface area (Å²) in [5, 5.41) is 0. The Bertz CT molecular complexity index is 790. The van der Waals surface area contributed by atoms with Crippen LogP contribution in [0, 0.1) is 0 Å². The van der Waals surface area contributed by atoms with Crippen molar-refractivity contribution in [2.24, 2.45) is 4.99 Å². The maximum atomic E-state index is 12.6. The number of ether oxygens (including phenoxy) is 1. The van der Waals surface area contributed by atoms with E-state index in [9.17, 15) is 4.79 Å². The first kappa shape index (κ1) is 18.6. The molecule has 0 amide bonds. The summed E-state index contributed by atoms with van der Waals surface area (Å²) in [6.45, 7) is 3.14. The molecule has 0 N–H and O–H groups in total. The SMILES string of the molecule is CCOC1=NCc2cc(CC(=O)C[C@H](CSC)c3ccccc3)ncc21. The molecule has 0 aliphatic carbocycles. The van der Waals surface area contributed by atoms with Gasteiger partial charge in [0.25, 0.3) is 0 Å². The smallest absolute Gasteiger partial charge is 0.218 e. The van der Waals surface area contributed by atoms with E-state index in [0.717, 1.165) is 22.6 Å². The molecule has 0 saturated carbocycles. The summed E-state index contributed by atoms with van der Waals surface area (Å²) < 4.78 is 5.52. The Hall–Kier alpha value is -2.14. The summed E-state index contributed by atoms with van der Waals surface area (Å²) in [6.07, 6.45) is 4.79. The van der Waals surface area contributed by atoms with Gasteiger partial charge in [-0.25, -0.2) is 4.99 Å². The van der Waals surface area contributed by atoms with Crippen molar-refractivity contribution >= 4 is 23.4 Å². The highest BCUT2D eigenvalue weighted by atomic mass is 32.2. The van der Waals surface area contributed by atoms with Crippen LogP contribution < -0.4 is 0 Å². The fraction of sp³-hybridized carbons (Fsp3) is 0.381. The van der Waals surface area contributed by atoms with E-state index >= 15 is 0 Å². The molecule has 4 nitrogen and oxygen atoms in total. The summed E-state index contributed by atoms with van der Waals surface area (Å²) in [4.78, 5) is 21.5. The van der Waals surface area contributed by atoms with Crippen molar-refractivity contribution < 1.29 is 9.53 Å².